The summed E-state index contributed by atoms with van der Waals surface area (Å²) in [6.07, 6.45) is 8.43. The number of fused-ring (bicyclic) bond motifs is 4. The molecule has 36 heavy (non-hydrogen) atoms. The number of pyridine rings is 1. The highest BCUT2D eigenvalue weighted by Crippen LogP contribution is 2.41. The number of amides is 1. The van der Waals surface area contributed by atoms with Gasteiger partial charge in [0.05, 0.1) is 11.2 Å². The molecule has 2 aromatic carbocycles. The zero-order valence-electron chi connectivity index (χ0n) is 21.2. The molecule has 1 aromatic heterocycles. The number of nitrogens with zero attached hydrogens (tertiary/aromatic N) is 2. The third-order valence-electron chi connectivity index (χ3n) is 8.15. The Morgan fingerprint density at radius 2 is 1.78 bits per heavy atom. The molecule has 0 radical (unpaired) electrons. The third-order valence-corrected chi connectivity index (χ3v) is 8.15. The van der Waals surface area contributed by atoms with Gasteiger partial charge in [0.15, 0.2) is 18.1 Å². The summed E-state index contributed by atoms with van der Waals surface area (Å²) in [5, 5.41) is 1.04. The molecule has 1 aliphatic carbocycles. The quantitative estimate of drug-likeness (QED) is 0.452. The standard InChI is InChI=1S/C30H34N2O4/c1-19-3-11-24-25(31-19)12-14-28-30(24)36-23(17-34-28)15-21-7-4-20(5-8-21)6-9-22-10-13-27-26(16-22)32(2)29(33)18-35-27/h3,10-14,16,20-21,23H,4-9,15,17-18H2,1-2H3/t20?,21?,23-/m0/s1. The number of rotatable bonds is 5. The van der Waals surface area contributed by atoms with E-state index in [0.717, 1.165) is 58.3 Å². The fraction of sp³-hybridized carbons (Fsp3) is 0.467. The van der Waals surface area contributed by atoms with Crippen LogP contribution in [0.5, 0.6) is 17.2 Å². The van der Waals surface area contributed by atoms with Crippen LogP contribution in [0.1, 0.15) is 49.8 Å². The number of hydrogen-bond donors (Lipinski definition) is 0. The Morgan fingerprint density at radius 1 is 0.972 bits per heavy atom. The summed E-state index contributed by atoms with van der Waals surface area (Å²) in [5.41, 5.74) is 4.14. The lowest BCUT2D eigenvalue weighted by Gasteiger charge is -2.33. The maximum Gasteiger partial charge on any atom is 0.264 e. The smallest absolute Gasteiger partial charge is 0.264 e. The molecule has 0 saturated heterocycles. The average molecular weight is 487 g/mol. The molecule has 188 valence electrons. The molecule has 3 aliphatic rings. The Balaban J connectivity index is 1.01. The number of ether oxygens (including phenoxy) is 3. The lowest BCUT2D eigenvalue weighted by molar-refractivity contribution is -0.120. The SMILES string of the molecule is Cc1ccc2c3c(ccc2n1)OC[C@H](CC1CCC(CCc2ccc4c(c2)N(C)C(=O)CO4)CC1)O3. The van der Waals surface area contributed by atoms with Crippen molar-refractivity contribution in [2.75, 3.05) is 25.2 Å². The number of carbonyl (C=O) groups is 1. The van der Waals surface area contributed by atoms with Gasteiger partial charge in [0, 0.05) is 18.1 Å². The van der Waals surface area contributed by atoms with Crippen LogP contribution < -0.4 is 19.1 Å². The van der Waals surface area contributed by atoms with Crippen LogP contribution in [-0.4, -0.2) is 37.3 Å². The lowest BCUT2D eigenvalue weighted by atomic mass is 9.77. The first-order valence-electron chi connectivity index (χ1n) is 13.3. The van der Waals surface area contributed by atoms with Gasteiger partial charge < -0.3 is 19.1 Å². The first kappa shape index (κ1) is 23.1. The van der Waals surface area contributed by atoms with Crippen molar-refractivity contribution in [1.82, 2.24) is 4.98 Å². The minimum atomic E-state index is 0.00811. The molecule has 2 aliphatic heterocycles. The van der Waals surface area contributed by atoms with Crippen molar-refractivity contribution in [3.8, 4) is 17.2 Å². The van der Waals surface area contributed by atoms with Gasteiger partial charge in [-0.3, -0.25) is 9.78 Å². The summed E-state index contributed by atoms with van der Waals surface area (Å²) in [6.45, 7) is 2.76. The molecule has 6 heteroatoms. The number of hydrogen-bond acceptors (Lipinski definition) is 5. The van der Waals surface area contributed by atoms with Gasteiger partial charge in [0.2, 0.25) is 0 Å². The Bertz CT molecular complexity index is 1280. The van der Waals surface area contributed by atoms with Crippen LogP contribution in [0.2, 0.25) is 0 Å². The van der Waals surface area contributed by atoms with Gasteiger partial charge in [-0.1, -0.05) is 31.7 Å². The van der Waals surface area contributed by atoms with E-state index < -0.39 is 0 Å². The molecule has 6 nitrogen and oxygen atoms in total. The maximum absolute atomic E-state index is 12.0. The zero-order valence-corrected chi connectivity index (χ0v) is 21.2. The van der Waals surface area contributed by atoms with E-state index in [4.69, 9.17) is 14.2 Å². The molecule has 1 amide bonds. The summed E-state index contributed by atoms with van der Waals surface area (Å²) in [6, 6.07) is 14.4. The topological polar surface area (TPSA) is 60.9 Å². The molecule has 0 N–H and O–H groups in total. The van der Waals surface area contributed by atoms with E-state index in [1.165, 1.54) is 37.7 Å². The molecular formula is C30H34N2O4. The van der Waals surface area contributed by atoms with Crippen molar-refractivity contribution in [3.63, 3.8) is 0 Å². The van der Waals surface area contributed by atoms with E-state index in [1.807, 2.05) is 38.2 Å². The maximum atomic E-state index is 12.0. The highest BCUT2D eigenvalue weighted by Gasteiger charge is 2.29. The molecule has 1 fully saturated rings. The number of anilines is 1. The predicted octanol–water partition coefficient (Wildman–Crippen LogP) is 5.87. The van der Waals surface area contributed by atoms with Gasteiger partial charge in [0.1, 0.15) is 18.5 Å². The number of likely N-dealkylation sites (N-methyl/N-ethyl adjacent to an activating group) is 1. The summed E-state index contributed by atoms with van der Waals surface area (Å²) in [7, 11) is 1.83. The second-order valence-corrected chi connectivity index (χ2v) is 10.7. The first-order valence-corrected chi connectivity index (χ1v) is 13.3. The summed E-state index contributed by atoms with van der Waals surface area (Å²) < 4.78 is 18.1. The second-order valence-electron chi connectivity index (χ2n) is 10.7. The van der Waals surface area contributed by atoms with Crippen LogP contribution in [0.3, 0.4) is 0 Å². The van der Waals surface area contributed by atoms with Crippen LogP contribution in [0, 0.1) is 18.8 Å². The minimum Gasteiger partial charge on any atom is -0.486 e. The summed E-state index contributed by atoms with van der Waals surface area (Å²) >= 11 is 0. The Labute approximate surface area is 212 Å². The number of benzene rings is 2. The van der Waals surface area contributed by atoms with E-state index >= 15 is 0 Å². The molecule has 1 saturated carbocycles. The summed E-state index contributed by atoms with van der Waals surface area (Å²) in [5.74, 6) is 3.94. The molecule has 3 heterocycles. The monoisotopic (exact) mass is 486 g/mol. The van der Waals surface area contributed by atoms with Gasteiger partial charge in [-0.05, 0) is 80.0 Å². The number of aromatic nitrogens is 1. The molecule has 3 aromatic rings. The fourth-order valence-electron chi connectivity index (χ4n) is 5.97. The van der Waals surface area contributed by atoms with Crippen molar-refractivity contribution in [1.29, 1.82) is 0 Å². The predicted molar refractivity (Wildman–Crippen MR) is 140 cm³/mol. The van der Waals surface area contributed by atoms with Crippen molar-refractivity contribution in [2.45, 2.75) is 58.0 Å². The average Bonchev–Trinajstić information content (AvgIpc) is 2.90. The van der Waals surface area contributed by atoms with Gasteiger partial charge in [-0.15, -0.1) is 0 Å². The Morgan fingerprint density at radius 3 is 2.64 bits per heavy atom. The van der Waals surface area contributed by atoms with E-state index in [9.17, 15) is 4.79 Å². The molecule has 0 bridgehead atoms. The van der Waals surface area contributed by atoms with Crippen molar-refractivity contribution in [2.24, 2.45) is 11.8 Å². The Hall–Kier alpha value is -3.28. The zero-order chi connectivity index (χ0) is 24.6. The van der Waals surface area contributed by atoms with Crippen molar-refractivity contribution in [3.05, 3.63) is 53.7 Å². The third kappa shape index (κ3) is 4.61. The molecule has 6 rings (SSSR count). The van der Waals surface area contributed by atoms with Gasteiger partial charge in [-0.2, -0.15) is 0 Å². The van der Waals surface area contributed by atoms with E-state index in [-0.39, 0.29) is 18.6 Å². The fourth-order valence-corrected chi connectivity index (χ4v) is 5.97. The van der Waals surface area contributed by atoms with Gasteiger partial charge in [0.25, 0.3) is 5.91 Å². The minimum absolute atomic E-state index is 0.00811. The molecule has 0 spiro atoms. The lowest BCUT2D eigenvalue weighted by Crippen LogP contribution is -2.35. The largest absolute Gasteiger partial charge is 0.486 e. The van der Waals surface area contributed by atoms with E-state index in [2.05, 4.69) is 23.2 Å². The Kier molecular flexibility index (Phi) is 6.20. The van der Waals surface area contributed by atoms with Crippen LogP contribution in [0.25, 0.3) is 10.9 Å². The molecule has 1 atom stereocenters. The van der Waals surface area contributed by atoms with Gasteiger partial charge in [-0.25, -0.2) is 0 Å². The summed E-state index contributed by atoms with van der Waals surface area (Å²) in [4.78, 5) is 18.3. The highest BCUT2D eigenvalue weighted by molar-refractivity contribution is 5.97. The van der Waals surface area contributed by atoms with Gasteiger partial charge >= 0.3 is 0 Å². The second kappa shape index (κ2) is 9.64. The van der Waals surface area contributed by atoms with Crippen LogP contribution >= 0.6 is 0 Å². The van der Waals surface area contributed by atoms with Crippen LogP contribution in [0.4, 0.5) is 5.69 Å². The van der Waals surface area contributed by atoms with Crippen molar-refractivity contribution < 1.29 is 19.0 Å². The van der Waals surface area contributed by atoms with E-state index in [0.29, 0.717) is 12.5 Å². The van der Waals surface area contributed by atoms with Crippen LogP contribution in [0.15, 0.2) is 42.5 Å². The number of carbonyl (C=O) groups excluding carboxylic acids is 1. The molecular weight excluding hydrogens is 452 g/mol. The normalized spacial score (nSPS) is 23.3. The van der Waals surface area contributed by atoms with Crippen LogP contribution in [-0.2, 0) is 11.2 Å². The van der Waals surface area contributed by atoms with Crippen molar-refractivity contribution >= 4 is 22.5 Å². The molecule has 0 unspecified atom stereocenters. The number of aryl methyl sites for hydroxylation is 2. The first-order chi connectivity index (χ1) is 17.5. The van der Waals surface area contributed by atoms with E-state index in [1.54, 1.807) is 4.90 Å². The highest BCUT2D eigenvalue weighted by atomic mass is 16.6.